The summed E-state index contributed by atoms with van der Waals surface area (Å²) in [7, 11) is 0. The van der Waals surface area contributed by atoms with E-state index >= 15 is 0 Å². The van der Waals surface area contributed by atoms with Crippen LogP contribution in [0.3, 0.4) is 0 Å². The van der Waals surface area contributed by atoms with E-state index in [-0.39, 0.29) is 24.0 Å². The molecule has 0 saturated heterocycles. The van der Waals surface area contributed by atoms with Crippen LogP contribution in [0.2, 0.25) is 5.02 Å². The molecule has 6 nitrogen and oxygen atoms in total. The van der Waals surface area contributed by atoms with Crippen LogP contribution in [-0.2, 0) is 12.8 Å². The third kappa shape index (κ3) is 6.26. The molecule has 0 amide bonds. The Balaban J connectivity index is 0.00000243. The molecule has 0 bridgehead atoms. The lowest BCUT2D eigenvalue weighted by Gasteiger charge is -2.03. The molecule has 0 spiro atoms. The van der Waals surface area contributed by atoms with Crippen molar-refractivity contribution in [1.29, 1.82) is 0 Å². The first-order chi connectivity index (χ1) is 12.2. The predicted octanol–water partition coefficient (Wildman–Crippen LogP) is 3.76. The monoisotopic (exact) mass is 503 g/mol. The van der Waals surface area contributed by atoms with Gasteiger partial charge in [0, 0.05) is 41.4 Å². The molecule has 3 N–H and O–H groups in total. The van der Waals surface area contributed by atoms with Gasteiger partial charge in [-0.25, -0.2) is 0 Å². The van der Waals surface area contributed by atoms with Crippen molar-refractivity contribution in [2.45, 2.75) is 12.8 Å². The number of nitrogens with one attached hydrogen (secondary N) is 1. The molecule has 3 aromatic rings. The smallest absolute Gasteiger partial charge is 0.228 e. The highest BCUT2D eigenvalue weighted by Gasteiger charge is 2.08. The normalized spacial score (nSPS) is 11.2. The number of nitrogens with zero attached hydrogens (tertiary/aromatic N) is 3. The minimum atomic E-state index is 0. The number of guanidine groups is 1. The zero-order valence-corrected chi connectivity index (χ0v) is 17.8. The van der Waals surface area contributed by atoms with Gasteiger partial charge in [-0.3, -0.25) is 4.99 Å². The molecule has 0 aliphatic heterocycles. The maximum atomic E-state index is 5.97. The van der Waals surface area contributed by atoms with Crippen molar-refractivity contribution in [3.63, 3.8) is 0 Å². The molecule has 0 fully saturated rings. The number of halogens is 2. The van der Waals surface area contributed by atoms with Gasteiger partial charge in [-0.2, -0.15) is 4.98 Å². The molecular formula is C17H19ClIN5OS. The van der Waals surface area contributed by atoms with Gasteiger partial charge in [0.1, 0.15) is 0 Å². The van der Waals surface area contributed by atoms with Crippen molar-refractivity contribution in [1.82, 2.24) is 15.5 Å². The van der Waals surface area contributed by atoms with Crippen LogP contribution < -0.4 is 11.1 Å². The molecule has 0 atom stereocenters. The number of hydrogen-bond donors (Lipinski definition) is 2. The average Bonchev–Trinajstić information content (AvgIpc) is 3.27. The minimum Gasteiger partial charge on any atom is -0.370 e. The average molecular weight is 504 g/mol. The van der Waals surface area contributed by atoms with E-state index in [2.05, 4.69) is 31.9 Å². The Hall–Kier alpha value is -1.65. The Morgan fingerprint density at radius 3 is 2.92 bits per heavy atom. The van der Waals surface area contributed by atoms with E-state index in [1.165, 1.54) is 4.88 Å². The lowest BCUT2D eigenvalue weighted by Crippen LogP contribution is -2.33. The van der Waals surface area contributed by atoms with Crippen molar-refractivity contribution in [3.8, 4) is 11.4 Å². The maximum absolute atomic E-state index is 5.97. The van der Waals surface area contributed by atoms with E-state index in [9.17, 15) is 0 Å². The topological polar surface area (TPSA) is 89.3 Å². The predicted molar refractivity (Wildman–Crippen MR) is 116 cm³/mol. The Labute approximate surface area is 177 Å². The zero-order chi connectivity index (χ0) is 17.5. The second-order valence-corrected chi connectivity index (χ2v) is 6.76. The number of hydrogen-bond acceptors (Lipinski definition) is 5. The van der Waals surface area contributed by atoms with Gasteiger partial charge in [0.05, 0.1) is 0 Å². The molecule has 0 aliphatic rings. The van der Waals surface area contributed by atoms with E-state index < -0.39 is 0 Å². The van der Waals surface area contributed by atoms with Gasteiger partial charge in [-0.05, 0) is 23.6 Å². The lowest BCUT2D eigenvalue weighted by molar-refractivity contribution is 0.379. The standard InChI is InChI=1S/C17H18ClN5OS.HI/c18-13-4-1-3-12(11-13)16-22-15(24-23-16)7-9-21-17(19)20-8-6-14-5-2-10-25-14;/h1-5,10-11H,6-9H2,(H3,19,20,21);1H. The molecule has 3 rings (SSSR count). The summed E-state index contributed by atoms with van der Waals surface area (Å²) in [5, 5.41) is 9.72. The largest absolute Gasteiger partial charge is 0.370 e. The summed E-state index contributed by atoms with van der Waals surface area (Å²) in [6.07, 6.45) is 1.46. The van der Waals surface area contributed by atoms with E-state index in [4.69, 9.17) is 21.9 Å². The Morgan fingerprint density at radius 2 is 2.15 bits per heavy atom. The van der Waals surface area contributed by atoms with E-state index in [1.807, 2.05) is 18.2 Å². The molecule has 1 aromatic carbocycles. The van der Waals surface area contributed by atoms with Crippen LogP contribution in [0.25, 0.3) is 11.4 Å². The molecule has 0 saturated carbocycles. The first-order valence-electron chi connectivity index (χ1n) is 7.85. The quantitative estimate of drug-likeness (QED) is 0.291. The van der Waals surface area contributed by atoms with Gasteiger partial charge in [0.25, 0.3) is 0 Å². The summed E-state index contributed by atoms with van der Waals surface area (Å²) < 4.78 is 5.25. The van der Waals surface area contributed by atoms with Crippen LogP contribution >= 0.6 is 46.9 Å². The highest BCUT2D eigenvalue weighted by molar-refractivity contribution is 14.0. The number of benzene rings is 1. The number of rotatable bonds is 7. The first kappa shape index (κ1) is 20.7. The van der Waals surface area contributed by atoms with E-state index in [0.29, 0.717) is 42.2 Å². The molecule has 0 aliphatic carbocycles. The first-order valence-corrected chi connectivity index (χ1v) is 9.11. The fraction of sp³-hybridized carbons (Fsp3) is 0.235. The second kappa shape index (κ2) is 10.5. The summed E-state index contributed by atoms with van der Waals surface area (Å²) in [6.45, 7) is 1.24. The van der Waals surface area contributed by atoms with Gasteiger partial charge in [0.2, 0.25) is 11.7 Å². The molecule has 138 valence electrons. The van der Waals surface area contributed by atoms with E-state index in [0.717, 1.165) is 12.0 Å². The maximum Gasteiger partial charge on any atom is 0.228 e. The minimum absolute atomic E-state index is 0. The SMILES string of the molecule is I.NC(=NCCc1cccs1)NCCc1nc(-c2cccc(Cl)c2)no1. The third-order valence-electron chi connectivity index (χ3n) is 3.42. The van der Waals surface area contributed by atoms with Gasteiger partial charge in [-0.1, -0.05) is 35.0 Å². The molecule has 2 aromatic heterocycles. The zero-order valence-electron chi connectivity index (χ0n) is 13.9. The van der Waals surface area contributed by atoms with Crippen LogP contribution in [0, 0.1) is 0 Å². The second-order valence-electron chi connectivity index (χ2n) is 5.30. The molecule has 2 heterocycles. The Morgan fingerprint density at radius 1 is 1.27 bits per heavy atom. The summed E-state index contributed by atoms with van der Waals surface area (Å²) in [4.78, 5) is 9.96. The Bertz CT molecular complexity index is 837. The number of aliphatic imine (C=N–C) groups is 1. The van der Waals surface area contributed by atoms with Crippen molar-refractivity contribution in [2.75, 3.05) is 13.1 Å². The molecule has 0 unspecified atom stereocenters. The summed E-state index contributed by atoms with van der Waals surface area (Å²) in [5.41, 5.74) is 6.68. The summed E-state index contributed by atoms with van der Waals surface area (Å²) in [5.74, 6) is 1.48. The highest BCUT2D eigenvalue weighted by atomic mass is 127. The van der Waals surface area contributed by atoms with Crippen LogP contribution in [0.15, 0.2) is 51.3 Å². The summed E-state index contributed by atoms with van der Waals surface area (Å²) in [6, 6.07) is 11.5. The fourth-order valence-corrected chi connectivity index (χ4v) is 3.08. The van der Waals surface area contributed by atoms with Gasteiger partial charge in [-0.15, -0.1) is 35.3 Å². The molecule has 26 heavy (non-hydrogen) atoms. The fourth-order valence-electron chi connectivity index (χ4n) is 2.20. The van der Waals surface area contributed by atoms with Crippen molar-refractivity contribution < 1.29 is 4.52 Å². The van der Waals surface area contributed by atoms with Gasteiger partial charge >= 0.3 is 0 Å². The number of thiophene rings is 1. The Kier molecular flexibility index (Phi) is 8.33. The third-order valence-corrected chi connectivity index (χ3v) is 4.59. The number of aromatic nitrogens is 2. The molecule has 0 radical (unpaired) electrons. The van der Waals surface area contributed by atoms with Crippen LogP contribution in [0.1, 0.15) is 10.8 Å². The highest BCUT2D eigenvalue weighted by Crippen LogP contribution is 2.19. The van der Waals surface area contributed by atoms with Crippen LogP contribution in [0.4, 0.5) is 0 Å². The number of nitrogens with two attached hydrogens (primary N) is 1. The van der Waals surface area contributed by atoms with Gasteiger partial charge in [0.15, 0.2) is 5.96 Å². The van der Waals surface area contributed by atoms with Crippen molar-refractivity contribution in [3.05, 3.63) is 57.6 Å². The molecule has 9 heteroatoms. The van der Waals surface area contributed by atoms with Crippen molar-refractivity contribution >= 4 is 52.9 Å². The van der Waals surface area contributed by atoms with Crippen molar-refractivity contribution in [2.24, 2.45) is 10.7 Å². The van der Waals surface area contributed by atoms with Crippen LogP contribution in [-0.4, -0.2) is 29.2 Å². The molecular weight excluding hydrogens is 485 g/mol. The van der Waals surface area contributed by atoms with Gasteiger partial charge < -0.3 is 15.6 Å². The summed E-state index contributed by atoms with van der Waals surface area (Å²) >= 11 is 7.70. The van der Waals surface area contributed by atoms with Crippen LogP contribution in [0.5, 0.6) is 0 Å². The lowest BCUT2D eigenvalue weighted by atomic mass is 10.2. The van der Waals surface area contributed by atoms with E-state index in [1.54, 1.807) is 23.5 Å².